The van der Waals surface area contributed by atoms with Crippen molar-refractivity contribution in [2.45, 2.75) is 34.1 Å². The smallest absolute Gasteiger partial charge is 0.242 e. The fraction of sp³-hybridized carbons (Fsp3) is 0.481. The molecule has 0 atom stereocenters. The maximum atomic E-state index is 13.0. The molecule has 0 radical (unpaired) electrons. The molecule has 33 heavy (non-hydrogen) atoms. The van der Waals surface area contributed by atoms with Gasteiger partial charge in [0.15, 0.2) is 0 Å². The minimum absolute atomic E-state index is 0.152. The number of amidine groups is 1. The van der Waals surface area contributed by atoms with E-state index < -0.39 is 0 Å². The van der Waals surface area contributed by atoms with Crippen LogP contribution < -0.4 is 4.74 Å². The van der Waals surface area contributed by atoms with Gasteiger partial charge < -0.3 is 19.4 Å². The minimum Gasteiger partial charge on any atom is -0.497 e. The lowest BCUT2D eigenvalue weighted by atomic mass is 10.0. The number of likely N-dealkylation sites (N-methyl/N-ethyl adjacent to an activating group) is 1. The number of benzene rings is 1. The highest BCUT2D eigenvalue weighted by atomic mass is 16.5. The average Bonchev–Trinajstić information content (AvgIpc) is 2.82. The van der Waals surface area contributed by atoms with Crippen LogP contribution in [0.25, 0.3) is 5.57 Å². The third kappa shape index (κ3) is 7.81. The van der Waals surface area contributed by atoms with E-state index in [1.54, 1.807) is 7.11 Å². The van der Waals surface area contributed by atoms with Gasteiger partial charge in [0.05, 0.1) is 13.7 Å². The minimum atomic E-state index is 0.152. The average molecular weight is 453 g/mol. The first-order valence-electron chi connectivity index (χ1n) is 11.7. The first-order valence-corrected chi connectivity index (χ1v) is 11.7. The molecule has 0 N–H and O–H groups in total. The molecule has 1 amide bonds. The Morgan fingerprint density at radius 1 is 1.18 bits per heavy atom. The molecule has 2 rings (SSSR count). The van der Waals surface area contributed by atoms with Gasteiger partial charge in [-0.15, -0.1) is 0 Å². The molecule has 0 bridgehead atoms. The predicted molar refractivity (Wildman–Crippen MR) is 138 cm³/mol. The Morgan fingerprint density at radius 2 is 1.79 bits per heavy atom. The van der Waals surface area contributed by atoms with Gasteiger partial charge in [-0.25, -0.2) is 4.99 Å². The summed E-state index contributed by atoms with van der Waals surface area (Å²) in [6.45, 7) is 16.1. The SMILES string of the molecule is C=C(/C=C(/C(C)C)N(C)CC(=O)N1CCN(C(C)=N/C=C\CC)CC1)c1ccc(OC)cc1. The number of methoxy groups -OCH3 is 1. The molecule has 6 heteroatoms. The molecular weight excluding hydrogens is 412 g/mol. The third-order valence-corrected chi connectivity index (χ3v) is 5.88. The summed E-state index contributed by atoms with van der Waals surface area (Å²) in [4.78, 5) is 23.7. The highest BCUT2D eigenvalue weighted by molar-refractivity contribution is 5.82. The molecular formula is C27H40N4O2. The van der Waals surface area contributed by atoms with Gasteiger partial charge in [-0.3, -0.25) is 4.79 Å². The van der Waals surface area contributed by atoms with Crippen LogP contribution in [-0.4, -0.2) is 73.3 Å². The molecule has 0 aliphatic carbocycles. The molecule has 6 nitrogen and oxygen atoms in total. The van der Waals surface area contributed by atoms with E-state index in [2.05, 4.69) is 48.2 Å². The topological polar surface area (TPSA) is 48.4 Å². The molecule has 1 aromatic carbocycles. The summed E-state index contributed by atoms with van der Waals surface area (Å²) in [5.74, 6) is 2.25. The summed E-state index contributed by atoms with van der Waals surface area (Å²) in [6.07, 6.45) is 6.97. The number of aliphatic imine (C=N–C) groups is 1. The van der Waals surface area contributed by atoms with Crippen molar-refractivity contribution in [2.24, 2.45) is 10.9 Å². The van der Waals surface area contributed by atoms with Crippen molar-refractivity contribution in [1.29, 1.82) is 0 Å². The molecule has 0 saturated carbocycles. The molecule has 1 saturated heterocycles. The van der Waals surface area contributed by atoms with Gasteiger partial charge in [0, 0.05) is 45.1 Å². The fourth-order valence-electron chi connectivity index (χ4n) is 3.81. The Balaban J connectivity index is 1.98. The van der Waals surface area contributed by atoms with Gasteiger partial charge in [-0.2, -0.15) is 0 Å². The second-order valence-electron chi connectivity index (χ2n) is 8.67. The number of carbonyl (C=O) groups excluding carboxylic acids is 1. The lowest BCUT2D eigenvalue weighted by Gasteiger charge is -2.37. The third-order valence-electron chi connectivity index (χ3n) is 5.88. The van der Waals surface area contributed by atoms with Crippen LogP contribution in [0.2, 0.25) is 0 Å². The molecule has 0 aromatic heterocycles. The Bertz CT molecular complexity index is 876. The van der Waals surface area contributed by atoms with Crippen molar-refractivity contribution in [3.05, 3.63) is 60.5 Å². The first-order chi connectivity index (χ1) is 15.8. The fourth-order valence-corrected chi connectivity index (χ4v) is 3.81. The van der Waals surface area contributed by atoms with Crippen LogP contribution in [0.15, 0.2) is 59.9 Å². The van der Waals surface area contributed by atoms with E-state index in [0.717, 1.165) is 61.0 Å². The summed E-state index contributed by atoms with van der Waals surface area (Å²) in [7, 11) is 3.64. The first kappa shape index (κ1) is 26.2. The normalized spacial score (nSPS) is 15.4. The van der Waals surface area contributed by atoms with Gasteiger partial charge in [-0.05, 0) is 48.6 Å². The zero-order valence-corrected chi connectivity index (χ0v) is 21.2. The highest BCUT2D eigenvalue weighted by Crippen LogP contribution is 2.23. The van der Waals surface area contributed by atoms with E-state index >= 15 is 0 Å². The van der Waals surface area contributed by atoms with Gasteiger partial charge in [0.2, 0.25) is 5.91 Å². The number of nitrogens with zero attached hydrogens (tertiary/aromatic N) is 4. The predicted octanol–water partition coefficient (Wildman–Crippen LogP) is 4.67. The van der Waals surface area contributed by atoms with Crippen LogP contribution in [0, 0.1) is 5.92 Å². The van der Waals surface area contributed by atoms with E-state index in [0.29, 0.717) is 6.54 Å². The van der Waals surface area contributed by atoms with E-state index in [9.17, 15) is 4.79 Å². The van der Waals surface area contributed by atoms with Crippen molar-refractivity contribution in [3.8, 4) is 5.75 Å². The van der Waals surface area contributed by atoms with Gasteiger partial charge in [0.1, 0.15) is 11.6 Å². The van der Waals surface area contributed by atoms with E-state index in [1.807, 2.05) is 55.4 Å². The zero-order chi connectivity index (χ0) is 24.4. The zero-order valence-electron chi connectivity index (χ0n) is 21.2. The van der Waals surface area contributed by atoms with Crippen LogP contribution in [0.5, 0.6) is 5.75 Å². The van der Waals surface area contributed by atoms with Crippen LogP contribution in [0.3, 0.4) is 0 Å². The van der Waals surface area contributed by atoms with Crippen molar-refractivity contribution in [2.75, 3.05) is 46.9 Å². The second kappa shape index (κ2) is 12.9. The summed E-state index contributed by atoms with van der Waals surface area (Å²) in [5.41, 5.74) is 3.05. The Hall–Kier alpha value is -3.02. The number of hydrogen-bond donors (Lipinski definition) is 0. The van der Waals surface area contributed by atoms with Crippen LogP contribution >= 0.6 is 0 Å². The van der Waals surface area contributed by atoms with Crippen LogP contribution in [0.1, 0.15) is 39.7 Å². The van der Waals surface area contributed by atoms with E-state index in [1.165, 1.54) is 0 Å². The molecule has 1 aliphatic heterocycles. The van der Waals surface area contributed by atoms with Crippen molar-refractivity contribution < 1.29 is 9.53 Å². The summed E-state index contributed by atoms with van der Waals surface area (Å²) >= 11 is 0. The van der Waals surface area contributed by atoms with E-state index in [-0.39, 0.29) is 11.8 Å². The number of hydrogen-bond acceptors (Lipinski definition) is 4. The second-order valence-corrected chi connectivity index (χ2v) is 8.67. The number of piperazine rings is 1. The monoisotopic (exact) mass is 452 g/mol. The van der Waals surface area contributed by atoms with Gasteiger partial charge in [0.25, 0.3) is 0 Å². The van der Waals surface area contributed by atoms with Gasteiger partial charge in [-0.1, -0.05) is 45.6 Å². The maximum absolute atomic E-state index is 13.0. The molecule has 1 heterocycles. The maximum Gasteiger partial charge on any atom is 0.242 e. The Labute approximate surface area is 199 Å². The summed E-state index contributed by atoms with van der Waals surface area (Å²) in [5, 5.41) is 0. The molecule has 1 fully saturated rings. The largest absolute Gasteiger partial charge is 0.497 e. The molecule has 0 unspecified atom stereocenters. The highest BCUT2D eigenvalue weighted by Gasteiger charge is 2.23. The number of ether oxygens (including phenoxy) is 1. The van der Waals surface area contributed by atoms with Crippen LogP contribution in [0.4, 0.5) is 0 Å². The van der Waals surface area contributed by atoms with Crippen LogP contribution in [-0.2, 0) is 4.79 Å². The van der Waals surface area contributed by atoms with Crippen molar-refractivity contribution >= 4 is 17.3 Å². The lowest BCUT2D eigenvalue weighted by molar-refractivity contribution is -0.133. The molecule has 1 aliphatic rings. The number of rotatable bonds is 9. The Kier molecular flexibility index (Phi) is 10.2. The Morgan fingerprint density at radius 3 is 2.33 bits per heavy atom. The quantitative estimate of drug-likeness (QED) is 0.310. The van der Waals surface area contributed by atoms with Crippen molar-refractivity contribution in [3.63, 3.8) is 0 Å². The van der Waals surface area contributed by atoms with Gasteiger partial charge >= 0.3 is 0 Å². The lowest BCUT2D eigenvalue weighted by Crippen LogP contribution is -2.52. The van der Waals surface area contributed by atoms with E-state index in [4.69, 9.17) is 4.74 Å². The number of amides is 1. The standard InChI is InChI=1S/C27H40N4O2/c1-8-9-14-28-23(5)30-15-17-31(18-16-30)27(32)20-29(6)26(21(2)3)19-22(4)24-10-12-25(33-7)13-11-24/h9-14,19,21H,4,8,15-18,20H2,1-3,5-7H3/b14-9-,26-19-,28-23?. The number of carbonyl (C=O) groups is 1. The number of allylic oxidation sites excluding steroid dienone is 4. The summed E-state index contributed by atoms with van der Waals surface area (Å²) in [6, 6.07) is 7.87. The molecule has 1 aromatic rings. The molecule has 180 valence electrons. The molecule has 0 spiro atoms. The van der Waals surface area contributed by atoms with Crippen molar-refractivity contribution in [1.82, 2.24) is 14.7 Å². The summed E-state index contributed by atoms with van der Waals surface area (Å²) < 4.78 is 5.24.